The van der Waals surface area contributed by atoms with Crippen LogP contribution in [0.15, 0.2) is 42.5 Å². The summed E-state index contributed by atoms with van der Waals surface area (Å²) in [6.07, 6.45) is 0. The molecular formula is C16H20ClN3O3. The first-order valence-electron chi connectivity index (χ1n) is 7.04. The Labute approximate surface area is 140 Å². The monoisotopic (exact) mass is 337 g/mol. The Kier molecular flexibility index (Phi) is 7.87. The number of hydrogen-bond acceptors (Lipinski definition) is 4. The Morgan fingerprint density at radius 3 is 2.48 bits per heavy atom. The molecule has 4 N–H and O–H groups in total. The number of ether oxygens (including phenoxy) is 1. The molecule has 0 aliphatic carbocycles. The molecule has 0 aliphatic rings. The van der Waals surface area contributed by atoms with Gasteiger partial charge in [0.05, 0.1) is 19.6 Å². The van der Waals surface area contributed by atoms with E-state index in [0.717, 1.165) is 16.5 Å². The molecular weight excluding hydrogens is 318 g/mol. The summed E-state index contributed by atoms with van der Waals surface area (Å²) in [6.45, 7) is 0.517. The molecule has 0 spiro atoms. The van der Waals surface area contributed by atoms with E-state index in [1.54, 1.807) is 0 Å². The molecule has 0 bridgehead atoms. The van der Waals surface area contributed by atoms with Gasteiger partial charge < -0.3 is 21.1 Å². The Morgan fingerprint density at radius 2 is 1.74 bits per heavy atom. The molecule has 2 aromatic rings. The first kappa shape index (κ1) is 18.7. The summed E-state index contributed by atoms with van der Waals surface area (Å²) >= 11 is 0. The van der Waals surface area contributed by atoms with Crippen LogP contribution in [0.1, 0.15) is 0 Å². The number of fused-ring (bicyclic) bond motifs is 1. The Bertz CT molecular complexity index is 664. The SMILES string of the molecule is Cl.NCC(=O)NCC(=O)NCCOc1ccc2ccccc2c1. The van der Waals surface area contributed by atoms with Gasteiger partial charge in [-0.05, 0) is 22.9 Å². The van der Waals surface area contributed by atoms with Gasteiger partial charge in [-0.25, -0.2) is 0 Å². The van der Waals surface area contributed by atoms with Gasteiger partial charge in [-0.2, -0.15) is 0 Å². The molecule has 7 heteroatoms. The molecule has 23 heavy (non-hydrogen) atoms. The number of benzene rings is 2. The van der Waals surface area contributed by atoms with Crippen LogP contribution in [0.4, 0.5) is 0 Å². The van der Waals surface area contributed by atoms with Gasteiger partial charge in [0.15, 0.2) is 0 Å². The zero-order chi connectivity index (χ0) is 15.8. The molecule has 0 aromatic heterocycles. The van der Waals surface area contributed by atoms with Crippen molar-refractivity contribution in [1.29, 1.82) is 0 Å². The summed E-state index contributed by atoms with van der Waals surface area (Å²) in [5, 5.41) is 7.30. The number of carbonyl (C=O) groups excluding carboxylic acids is 2. The number of nitrogens with one attached hydrogen (secondary N) is 2. The molecule has 0 heterocycles. The molecule has 0 fully saturated rings. The second-order valence-electron chi connectivity index (χ2n) is 4.69. The van der Waals surface area contributed by atoms with Gasteiger partial charge in [-0.15, -0.1) is 12.4 Å². The Hall–Kier alpha value is -2.31. The van der Waals surface area contributed by atoms with Gasteiger partial charge in [0.2, 0.25) is 11.8 Å². The number of rotatable bonds is 7. The van der Waals surface area contributed by atoms with E-state index in [0.29, 0.717) is 13.2 Å². The fourth-order valence-electron chi connectivity index (χ4n) is 1.93. The van der Waals surface area contributed by atoms with Gasteiger partial charge in [-0.1, -0.05) is 30.3 Å². The fourth-order valence-corrected chi connectivity index (χ4v) is 1.93. The number of hydrogen-bond donors (Lipinski definition) is 3. The first-order valence-corrected chi connectivity index (χ1v) is 7.04. The Morgan fingerprint density at radius 1 is 1.00 bits per heavy atom. The first-order chi connectivity index (χ1) is 10.7. The number of nitrogens with two attached hydrogens (primary N) is 1. The molecule has 0 unspecified atom stereocenters. The predicted octanol–water partition coefficient (Wildman–Crippen LogP) is 0.832. The van der Waals surface area contributed by atoms with E-state index in [1.165, 1.54) is 0 Å². The molecule has 2 rings (SSSR count). The fraction of sp³-hybridized carbons (Fsp3) is 0.250. The highest BCUT2D eigenvalue weighted by molar-refractivity contribution is 5.86. The smallest absolute Gasteiger partial charge is 0.239 e. The number of halogens is 1. The second-order valence-corrected chi connectivity index (χ2v) is 4.69. The normalized spacial score (nSPS) is 9.78. The summed E-state index contributed by atoms with van der Waals surface area (Å²) in [5.41, 5.74) is 5.12. The molecule has 124 valence electrons. The highest BCUT2D eigenvalue weighted by atomic mass is 35.5. The highest BCUT2D eigenvalue weighted by Gasteiger charge is 2.03. The van der Waals surface area contributed by atoms with Crippen LogP contribution in [0.25, 0.3) is 10.8 Å². The van der Waals surface area contributed by atoms with Crippen molar-refractivity contribution in [3.63, 3.8) is 0 Å². The standard InChI is InChI=1S/C16H19N3O3.ClH/c17-10-15(20)19-11-16(21)18-7-8-22-14-6-5-12-3-1-2-4-13(12)9-14;/h1-6,9H,7-8,10-11,17H2,(H,18,21)(H,19,20);1H. The third-order valence-electron chi connectivity index (χ3n) is 3.05. The lowest BCUT2D eigenvalue weighted by atomic mass is 10.1. The second kappa shape index (κ2) is 9.66. The molecule has 0 radical (unpaired) electrons. The van der Waals surface area contributed by atoms with Crippen LogP contribution < -0.4 is 21.1 Å². The highest BCUT2D eigenvalue weighted by Crippen LogP contribution is 2.20. The maximum atomic E-state index is 11.4. The third kappa shape index (κ3) is 6.14. The predicted molar refractivity (Wildman–Crippen MR) is 91.8 cm³/mol. The van der Waals surface area contributed by atoms with E-state index < -0.39 is 0 Å². The topological polar surface area (TPSA) is 93.5 Å². The van der Waals surface area contributed by atoms with Crippen molar-refractivity contribution in [2.45, 2.75) is 0 Å². The van der Waals surface area contributed by atoms with E-state index in [2.05, 4.69) is 10.6 Å². The zero-order valence-electron chi connectivity index (χ0n) is 12.6. The molecule has 0 saturated heterocycles. The van der Waals surface area contributed by atoms with Crippen molar-refractivity contribution in [2.75, 3.05) is 26.2 Å². The average Bonchev–Trinajstić information content (AvgIpc) is 2.56. The third-order valence-corrected chi connectivity index (χ3v) is 3.05. The Balaban J connectivity index is 0.00000264. The van der Waals surface area contributed by atoms with E-state index in [-0.39, 0.29) is 37.3 Å². The molecule has 2 aromatic carbocycles. The molecule has 2 amide bonds. The minimum atomic E-state index is -0.359. The van der Waals surface area contributed by atoms with Crippen molar-refractivity contribution in [1.82, 2.24) is 10.6 Å². The van der Waals surface area contributed by atoms with Gasteiger partial charge in [-0.3, -0.25) is 9.59 Å². The molecule has 0 atom stereocenters. The van der Waals surface area contributed by atoms with Crippen LogP contribution >= 0.6 is 12.4 Å². The van der Waals surface area contributed by atoms with Crippen LogP contribution in [0.5, 0.6) is 5.75 Å². The van der Waals surface area contributed by atoms with E-state index >= 15 is 0 Å². The summed E-state index contributed by atoms with van der Waals surface area (Å²) in [6, 6.07) is 13.9. The van der Waals surface area contributed by atoms with Gasteiger partial charge in [0, 0.05) is 0 Å². The van der Waals surface area contributed by atoms with Crippen molar-refractivity contribution in [2.24, 2.45) is 5.73 Å². The van der Waals surface area contributed by atoms with E-state index in [1.807, 2.05) is 42.5 Å². The van der Waals surface area contributed by atoms with Crippen LogP contribution in [-0.4, -0.2) is 38.1 Å². The van der Waals surface area contributed by atoms with Crippen molar-refractivity contribution in [3.8, 4) is 5.75 Å². The lowest BCUT2D eigenvalue weighted by Gasteiger charge is -2.09. The lowest BCUT2D eigenvalue weighted by Crippen LogP contribution is -2.40. The molecule has 0 saturated carbocycles. The number of amides is 2. The van der Waals surface area contributed by atoms with Crippen LogP contribution in [-0.2, 0) is 9.59 Å². The largest absolute Gasteiger partial charge is 0.492 e. The maximum absolute atomic E-state index is 11.4. The lowest BCUT2D eigenvalue weighted by molar-refractivity contribution is -0.125. The average molecular weight is 338 g/mol. The molecule has 6 nitrogen and oxygen atoms in total. The molecule has 0 aliphatic heterocycles. The van der Waals surface area contributed by atoms with Gasteiger partial charge >= 0.3 is 0 Å². The van der Waals surface area contributed by atoms with Gasteiger partial charge in [0.1, 0.15) is 12.4 Å². The van der Waals surface area contributed by atoms with E-state index in [4.69, 9.17) is 10.5 Å². The van der Waals surface area contributed by atoms with Crippen molar-refractivity contribution >= 4 is 35.0 Å². The van der Waals surface area contributed by atoms with Crippen molar-refractivity contribution < 1.29 is 14.3 Å². The summed E-state index contributed by atoms with van der Waals surface area (Å²) < 4.78 is 5.59. The van der Waals surface area contributed by atoms with Crippen molar-refractivity contribution in [3.05, 3.63) is 42.5 Å². The summed E-state index contributed by atoms with van der Waals surface area (Å²) in [5.74, 6) is 0.121. The summed E-state index contributed by atoms with van der Waals surface area (Å²) in [4.78, 5) is 22.3. The number of carbonyl (C=O) groups is 2. The van der Waals surface area contributed by atoms with Crippen LogP contribution in [0.3, 0.4) is 0 Å². The minimum absolute atomic E-state index is 0. The maximum Gasteiger partial charge on any atom is 0.239 e. The zero-order valence-corrected chi connectivity index (χ0v) is 13.4. The summed E-state index contributed by atoms with van der Waals surface area (Å²) in [7, 11) is 0. The van der Waals surface area contributed by atoms with Crippen LogP contribution in [0, 0.1) is 0 Å². The van der Waals surface area contributed by atoms with Gasteiger partial charge in [0.25, 0.3) is 0 Å². The quantitative estimate of drug-likeness (QED) is 0.652. The van der Waals surface area contributed by atoms with Crippen LogP contribution in [0.2, 0.25) is 0 Å². The minimum Gasteiger partial charge on any atom is -0.492 e. The van der Waals surface area contributed by atoms with E-state index in [9.17, 15) is 9.59 Å².